The molecule has 168 valence electrons. The van der Waals surface area contributed by atoms with E-state index in [-0.39, 0.29) is 20.3 Å². The van der Waals surface area contributed by atoms with E-state index in [1.54, 1.807) is 25.3 Å². The lowest BCUT2D eigenvalue weighted by molar-refractivity contribution is -0.153. The summed E-state index contributed by atoms with van der Waals surface area (Å²) in [5.41, 5.74) is 0.880. The van der Waals surface area contributed by atoms with Crippen LogP contribution in [0.4, 0.5) is 19.0 Å². The van der Waals surface area contributed by atoms with Gasteiger partial charge < -0.3 is 20.1 Å². The largest absolute Gasteiger partial charge is 0.483 e. The van der Waals surface area contributed by atoms with Crippen molar-refractivity contribution in [2.75, 3.05) is 25.3 Å². The highest BCUT2D eigenvalue weighted by molar-refractivity contribution is 5.92. The molecule has 2 N–H and O–H groups in total. The number of halogens is 3. The summed E-state index contributed by atoms with van der Waals surface area (Å²) in [5, 5.41) is 5.85. The molecule has 10 heteroatoms. The first-order chi connectivity index (χ1) is 14.1. The van der Waals surface area contributed by atoms with Gasteiger partial charge in [0.2, 0.25) is 0 Å². The summed E-state index contributed by atoms with van der Waals surface area (Å²) in [6.45, 7) is 5.45. The summed E-state index contributed by atoms with van der Waals surface area (Å²) in [5.74, 6) is 0.514. The third-order valence-corrected chi connectivity index (χ3v) is 3.81. The Hall–Kier alpha value is -2.88. The number of anilines is 1. The van der Waals surface area contributed by atoms with Gasteiger partial charge in [-0.25, -0.2) is 9.97 Å². The number of alkyl halides is 3. The van der Waals surface area contributed by atoms with Crippen LogP contribution in [0.2, 0.25) is 0 Å². The van der Waals surface area contributed by atoms with Crippen LogP contribution < -0.4 is 15.4 Å². The molecule has 0 spiro atoms. The van der Waals surface area contributed by atoms with Crippen LogP contribution in [0.3, 0.4) is 0 Å². The Balaban J connectivity index is 0.00000480. The number of carbonyl (C=O) groups is 1. The minimum absolute atomic E-state index is 0. The average molecular weight is 430 g/mol. The molecular formula is C20H29F3N4O3. The molecule has 0 aliphatic carbocycles. The van der Waals surface area contributed by atoms with Gasteiger partial charge >= 0.3 is 6.18 Å². The van der Waals surface area contributed by atoms with Crippen LogP contribution in [-0.4, -0.2) is 42.0 Å². The highest BCUT2D eigenvalue weighted by Crippen LogP contribution is 2.19. The molecule has 2 rings (SSSR count). The molecular weight excluding hydrogens is 401 g/mol. The van der Waals surface area contributed by atoms with Crippen LogP contribution in [0, 0.1) is 5.92 Å². The first kappa shape index (κ1) is 23.4. The van der Waals surface area contributed by atoms with E-state index in [1.807, 2.05) is 0 Å². The molecule has 0 saturated heterocycles. The Kier molecular flexibility index (Phi) is 8.40. The predicted molar refractivity (Wildman–Crippen MR) is 109 cm³/mol. The molecule has 2 heterocycles. The molecule has 0 aliphatic rings. The van der Waals surface area contributed by atoms with Crippen LogP contribution in [0.15, 0.2) is 36.7 Å². The fraction of sp³-hybridized carbons (Fsp3) is 0.450. The number of aromatic nitrogens is 2. The Morgan fingerprint density at radius 2 is 1.97 bits per heavy atom. The van der Waals surface area contributed by atoms with E-state index in [0.717, 1.165) is 11.8 Å². The molecule has 0 radical (unpaired) electrons. The maximum atomic E-state index is 12.4. The predicted octanol–water partition coefficient (Wildman–Crippen LogP) is 4.44. The summed E-state index contributed by atoms with van der Waals surface area (Å²) < 4.78 is 46.6. The zero-order valence-electron chi connectivity index (χ0n) is 17.0. The summed E-state index contributed by atoms with van der Waals surface area (Å²) in [7, 11) is 0. The lowest BCUT2D eigenvalue weighted by atomic mass is 10.1. The fourth-order valence-electron chi connectivity index (χ4n) is 2.35. The second-order valence-electron chi connectivity index (χ2n) is 7.04. The van der Waals surface area contributed by atoms with Crippen molar-refractivity contribution in [3.05, 3.63) is 47.9 Å². The van der Waals surface area contributed by atoms with Crippen LogP contribution >= 0.6 is 0 Å². The molecule has 0 aromatic carbocycles. The van der Waals surface area contributed by atoms with Gasteiger partial charge in [-0.3, -0.25) is 4.79 Å². The maximum Gasteiger partial charge on any atom is 0.422 e. The van der Waals surface area contributed by atoms with Gasteiger partial charge in [-0.15, -0.1) is 0 Å². The van der Waals surface area contributed by atoms with Gasteiger partial charge in [0.25, 0.3) is 5.91 Å². The first-order valence-corrected chi connectivity index (χ1v) is 9.38. The molecule has 1 unspecified atom stereocenters. The zero-order valence-corrected chi connectivity index (χ0v) is 17.0. The SMILES string of the molecule is CC(C)COCNc1cc(C(C)NC(=O)c2ccc(OCC(F)(F)F)cn2)ccn1.[HH].[HH]. The third kappa shape index (κ3) is 8.24. The number of nitrogens with zero attached hydrogens (tertiary/aromatic N) is 2. The molecule has 2 aromatic rings. The minimum Gasteiger partial charge on any atom is -0.483 e. The van der Waals surface area contributed by atoms with Crippen LogP contribution in [-0.2, 0) is 4.74 Å². The number of amides is 1. The van der Waals surface area contributed by atoms with Gasteiger partial charge in [-0.2, -0.15) is 13.2 Å². The Labute approximate surface area is 176 Å². The highest BCUT2D eigenvalue weighted by atomic mass is 19.4. The lowest BCUT2D eigenvalue weighted by Crippen LogP contribution is -2.27. The van der Waals surface area contributed by atoms with Crippen LogP contribution in [0.1, 0.15) is 45.7 Å². The van der Waals surface area contributed by atoms with E-state index in [0.29, 0.717) is 25.1 Å². The van der Waals surface area contributed by atoms with Crippen molar-refractivity contribution < 1.29 is 30.3 Å². The number of ether oxygens (including phenoxy) is 2. The van der Waals surface area contributed by atoms with Crippen molar-refractivity contribution in [2.24, 2.45) is 5.92 Å². The fourth-order valence-corrected chi connectivity index (χ4v) is 2.35. The molecule has 2 aromatic heterocycles. The second kappa shape index (κ2) is 10.8. The monoisotopic (exact) mass is 430 g/mol. The summed E-state index contributed by atoms with van der Waals surface area (Å²) in [4.78, 5) is 20.4. The Morgan fingerprint density at radius 3 is 2.60 bits per heavy atom. The van der Waals surface area contributed by atoms with Crippen molar-refractivity contribution in [3.8, 4) is 5.75 Å². The third-order valence-electron chi connectivity index (χ3n) is 3.81. The number of hydrogen-bond acceptors (Lipinski definition) is 6. The van der Waals surface area contributed by atoms with Crippen molar-refractivity contribution in [1.82, 2.24) is 15.3 Å². The normalized spacial score (nSPS) is 12.5. The summed E-state index contributed by atoms with van der Waals surface area (Å²) in [6, 6.07) is 5.79. The number of rotatable bonds is 10. The number of carbonyl (C=O) groups excluding carboxylic acids is 1. The molecule has 1 amide bonds. The van der Waals surface area contributed by atoms with Crippen molar-refractivity contribution in [3.63, 3.8) is 0 Å². The van der Waals surface area contributed by atoms with Gasteiger partial charge in [-0.1, -0.05) is 13.8 Å². The number of pyridine rings is 2. The van der Waals surface area contributed by atoms with E-state index in [1.165, 1.54) is 12.1 Å². The quantitative estimate of drug-likeness (QED) is 0.428. The number of nitrogens with one attached hydrogen (secondary N) is 2. The van der Waals surface area contributed by atoms with Crippen LogP contribution in [0.25, 0.3) is 0 Å². The van der Waals surface area contributed by atoms with Crippen LogP contribution in [0.5, 0.6) is 5.75 Å². The molecule has 0 saturated carbocycles. The van der Waals surface area contributed by atoms with Gasteiger partial charge in [0.1, 0.15) is 24.0 Å². The Bertz CT molecular complexity index is 824. The summed E-state index contributed by atoms with van der Waals surface area (Å²) >= 11 is 0. The van der Waals surface area contributed by atoms with Gasteiger partial charge in [0.15, 0.2) is 6.61 Å². The number of hydrogen-bond donors (Lipinski definition) is 2. The maximum absolute atomic E-state index is 12.4. The van der Waals surface area contributed by atoms with Gasteiger partial charge in [0.05, 0.1) is 18.8 Å². The first-order valence-electron chi connectivity index (χ1n) is 9.38. The molecule has 0 bridgehead atoms. The zero-order chi connectivity index (χ0) is 22.1. The molecule has 30 heavy (non-hydrogen) atoms. The minimum atomic E-state index is -4.44. The average Bonchev–Trinajstić information content (AvgIpc) is 2.69. The second-order valence-corrected chi connectivity index (χ2v) is 7.04. The van der Waals surface area contributed by atoms with E-state index in [2.05, 4.69) is 39.2 Å². The van der Waals surface area contributed by atoms with E-state index >= 15 is 0 Å². The molecule has 0 aliphatic heterocycles. The smallest absolute Gasteiger partial charge is 0.422 e. The van der Waals surface area contributed by atoms with Crippen molar-refractivity contribution in [1.29, 1.82) is 0 Å². The Morgan fingerprint density at radius 1 is 1.20 bits per heavy atom. The molecule has 0 fully saturated rings. The standard InChI is InChI=1S/C20H25F3N4O3.2H2/c1-13(2)10-29-12-26-18-8-15(6-7-24-18)14(3)27-19(28)17-5-4-16(9-25-17)30-11-20(21,22)23;;/h4-9,13-14H,10-12H2,1-3H3,(H,24,26)(H,27,28);2*1H. The van der Waals surface area contributed by atoms with Crippen molar-refractivity contribution in [2.45, 2.75) is 33.0 Å². The van der Waals surface area contributed by atoms with Gasteiger partial charge in [0, 0.05) is 9.05 Å². The molecule has 7 nitrogen and oxygen atoms in total. The topological polar surface area (TPSA) is 85.4 Å². The van der Waals surface area contributed by atoms with E-state index in [4.69, 9.17) is 4.74 Å². The van der Waals surface area contributed by atoms with E-state index in [9.17, 15) is 18.0 Å². The van der Waals surface area contributed by atoms with E-state index < -0.39 is 18.7 Å². The summed E-state index contributed by atoms with van der Waals surface area (Å²) in [6.07, 6.45) is -1.74. The highest BCUT2D eigenvalue weighted by Gasteiger charge is 2.28. The lowest BCUT2D eigenvalue weighted by Gasteiger charge is -2.16. The van der Waals surface area contributed by atoms with Crippen molar-refractivity contribution >= 4 is 11.7 Å². The van der Waals surface area contributed by atoms with Gasteiger partial charge in [-0.05, 0) is 42.7 Å². The molecule has 1 atom stereocenters.